The van der Waals surface area contributed by atoms with Gasteiger partial charge in [-0.05, 0) is 13.8 Å². The second-order valence-electron chi connectivity index (χ2n) is 7.55. The molecule has 0 saturated carbocycles. The maximum Gasteiger partial charge on any atom is 0.274 e. The summed E-state index contributed by atoms with van der Waals surface area (Å²) in [5, 5.41) is 2.93. The molecule has 0 unspecified atom stereocenters. The van der Waals surface area contributed by atoms with Gasteiger partial charge in [0.05, 0.1) is 12.7 Å². The SMILES string of the molecule is CC(C)NC(=O)[C@H]1Cn2ccnc2C2(CCN(C(=O)c3cnccn3)CC2)O1. The van der Waals surface area contributed by atoms with Crippen molar-refractivity contribution in [1.82, 2.24) is 29.7 Å². The van der Waals surface area contributed by atoms with E-state index in [1.807, 2.05) is 24.6 Å². The van der Waals surface area contributed by atoms with E-state index >= 15 is 0 Å². The lowest BCUT2D eigenvalue weighted by Gasteiger charge is -2.45. The van der Waals surface area contributed by atoms with Crippen LogP contribution in [-0.4, -0.2) is 61.5 Å². The number of fused-ring (bicyclic) bond motifs is 2. The quantitative estimate of drug-likeness (QED) is 0.837. The van der Waals surface area contributed by atoms with Gasteiger partial charge < -0.3 is 19.5 Å². The van der Waals surface area contributed by atoms with Crippen molar-refractivity contribution >= 4 is 11.8 Å². The summed E-state index contributed by atoms with van der Waals surface area (Å²) in [5.74, 6) is 0.565. The fourth-order valence-corrected chi connectivity index (χ4v) is 3.89. The van der Waals surface area contributed by atoms with Crippen molar-refractivity contribution in [2.45, 2.75) is 51.0 Å². The summed E-state index contributed by atoms with van der Waals surface area (Å²) in [7, 11) is 0. The first kappa shape index (κ1) is 18.5. The van der Waals surface area contributed by atoms with Gasteiger partial charge in [-0.3, -0.25) is 14.6 Å². The highest BCUT2D eigenvalue weighted by molar-refractivity contribution is 5.92. The Morgan fingerprint density at radius 1 is 1.21 bits per heavy atom. The summed E-state index contributed by atoms with van der Waals surface area (Å²) in [6.45, 7) is 5.30. The minimum Gasteiger partial charge on any atom is -0.352 e. The first-order valence-electron chi connectivity index (χ1n) is 9.53. The molecule has 0 aromatic carbocycles. The van der Waals surface area contributed by atoms with Crippen LogP contribution in [0.2, 0.25) is 0 Å². The lowest BCUT2D eigenvalue weighted by molar-refractivity contribution is -0.172. The Kier molecular flexibility index (Phi) is 4.84. The van der Waals surface area contributed by atoms with E-state index in [2.05, 4.69) is 20.3 Å². The Bertz CT molecular complexity index is 858. The summed E-state index contributed by atoms with van der Waals surface area (Å²) in [5.41, 5.74) is -0.335. The molecule has 0 bridgehead atoms. The molecule has 9 nitrogen and oxygen atoms in total. The number of hydrogen-bond donors (Lipinski definition) is 1. The molecule has 4 heterocycles. The van der Waals surface area contributed by atoms with Crippen molar-refractivity contribution in [2.24, 2.45) is 0 Å². The Morgan fingerprint density at radius 2 is 2.00 bits per heavy atom. The summed E-state index contributed by atoms with van der Waals surface area (Å²) < 4.78 is 8.33. The molecule has 2 aliphatic heterocycles. The van der Waals surface area contributed by atoms with Gasteiger partial charge in [0.15, 0.2) is 6.10 Å². The molecule has 1 saturated heterocycles. The van der Waals surface area contributed by atoms with Crippen molar-refractivity contribution in [3.8, 4) is 0 Å². The summed E-state index contributed by atoms with van der Waals surface area (Å²) in [6, 6.07) is 0.0442. The topological polar surface area (TPSA) is 102 Å². The van der Waals surface area contributed by atoms with Crippen molar-refractivity contribution < 1.29 is 14.3 Å². The van der Waals surface area contributed by atoms with E-state index in [9.17, 15) is 9.59 Å². The van der Waals surface area contributed by atoms with Gasteiger partial charge in [-0.2, -0.15) is 0 Å². The van der Waals surface area contributed by atoms with Crippen molar-refractivity contribution in [3.05, 3.63) is 42.5 Å². The van der Waals surface area contributed by atoms with Crippen LogP contribution in [0.15, 0.2) is 31.0 Å². The molecule has 0 aliphatic carbocycles. The molecule has 148 valence electrons. The van der Waals surface area contributed by atoms with Gasteiger partial charge >= 0.3 is 0 Å². The minimum absolute atomic E-state index is 0.0442. The molecule has 28 heavy (non-hydrogen) atoms. The Labute approximate surface area is 163 Å². The van der Waals surface area contributed by atoms with E-state index in [-0.39, 0.29) is 17.9 Å². The molecule has 4 rings (SSSR count). The third-order valence-electron chi connectivity index (χ3n) is 5.22. The molecule has 0 radical (unpaired) electrons. The van der Waals surface area contributed by atoms with Crippen molar-refractivity contribution in [1.29, 1.82) is 0 Å². The molecule has 1 fully saturated rings. The number of hydrogen-bond acceptors (Lipinski definition) is 6. The summed E-state index contributed by atoms with van der Waals surface area (Å²) >= 11 is 0. The van der Waals surface area contributed by atoms with Crippen LogP contribution >= 0.6 is 0 Å². The number of piperidine rings is 1. The van der Waals surface area contributed by atoms with Crippen LogP contribution in [0.25, 0.3) is 0 Å². The third-order valence-corrected chi connectivity index (χ3v) is 5.22. The number of nitrogens with zero attached hydrogens (tertiary/aromatic N) is 5. The third kappa shape index (κ3) is 3.37. The average Bonchev–Trinajstić information content (AvgIpc) is 3.18. The lowest BCUT2D eigenvalue weighted by atomic mass is 9.88. The van der Waals surface area contributed by atoms with Gasteiger partial charge in [0.1, 0.15) is 17.1 Å². The molecule has 2 aromatic rings. The number of likely N-dealkylation sites (tertiary alicyclic amines) is 1. The summed E-state index contributed by atoms with van der Waals surface area (Å²) in [4.78, 5) is 39.5. The minimum atomic E-state index is -0.667. The predicted octanol–water partition coefficient (Wildman–Crippen LogP) is 0.728. The smallest absolute Gasteiger partial charge is 0.274 e. The lowest BCUT2D eigenvalue weighted by Crippen LogP contribution is -2.55. The molecule has 1 N–H and O–H groups in total. The number of carbonyl (C=O) groups is 2. The van der Waals surface area contributed by atoms with E-state index in [0.717, 1.165) is 5.82 Å². The van der Waals surface area contributed by atoms with Crippen molar-refractivity contribution in [2.75, 3.05) is 13.1 Å². The van der Waals surface area contributed by atoms with E-state index in [1.54, 1.807) is 17.3 Å². The zero-order valence-electron chi connectivity index (χ0n) is 16.0. The van der Waals surface area contributed by atoms with E-state index < -0.39 is 11.7 Å². The predicted molar refractivity (Wildman–Crippen MR) is 99.2 cm³/mol. The molecule has 2 amide bonds. The van der Waals surface area contributed by atoms with Gasteiger partial charge in [-0.15, -0.1) is 0 Å². The monoisotopic (exact) mass is 384 g/mol. The average molecular weight is 384 g/mol. The molecular weight excluding hydrogens is 360 g/mol. The van der Waals surface area contributed by atoms with E-state index in [4.69, 9.17) is 4.74 Å². The van der Waals surface area contributed by atoms with Crippen LogP contribution in [0.4, 0.5) is 0 Å². The van der Waals surface area contributed by atoms with Crippen LogP contribution in [0.3, 0.4) is 0 Å². The van der Waals surface area contributed by atoms with Crippen LogP contribution < -0.4 is 5.32 Å². The van der Waals surface area contributed by atoms with Crippen LogP contribution in [0.5, 0.6) is 0 Å². The maximum atomic E-state index is 12.7. The van der Waals surface area contributed by atoms with Gasteiger partial charge in [-0.1, -0.05) is 0 Å². The highest BCUT2D eigenvalue weighted by Gasteiger charge is 2.47. The highest BCUT2D eigenvalue weighted by Crippen LogP contribution is 2.40. The second-order valence-corrected chi connectivity index (χ2v) is 7.55. The van der Waals surface area contributed by atoms with Crippen LogP contribution in [0, 0.1) is 0 Å². The van der Waals surface area contributed by atoms with Gasteiger partial charge in [0, 0.05) is 56.8 Å². The van der Waals surface area contributed by atoms with E-state index in [0.29, 0.717) is 38.2 Å². The molecule has 2 aliphatic rings. The number of rotatable bonds is 3. The zero-order valence-corrected chi connectivity index (χ0v) is 16.0. The molecule has 1 spiro atoms. The largest absolute Gasteiger partial charge is 0.352 e. The Morgan fingerprint density at radius 3 is 2.68 bits per heavy atom. The number of nitrogens with one attached hydrogen (secondary N) is 1. The van der Waals surface area contributed by atoms with Crippen LogP contribution in [0.1, 0.15) is 43.0 Å². The fraction of sp³-hybridized carbons (Fsp3) is 0.526. The molecular formula is C19H24N6O3. The number of ether oxygens (including phenoxy) is 1. The molecule has 2 aromatic heterocycles. The summed E-state index contributed by atoms with van der Waals surface area (Å²) in [6.07, 6.45) is 8.71. The van der Waals surface area contributed by atoms with Crippen LogP contribution in [-0.2, 0) is 21.7 Å². The fourth-order valence-electron chi connectivity index (χ4n) is 3.89. The van der Waals surface area contributed by atoms with Gasteiger partial charge in [-0.25, -0.2) is 9.97 Å². The van der Waals surface area contributed by atoms with Crippen molar-refractivity contribution in [3.63, 3.8) is 0 Å². The van der Waals surface area contributed by atoms with Gasteiger partial charge in [0.25, 0.3) is 11.8 Å². The second kappa shape index (κ2) is 7.31. The highest BCUT2D eigenvalue weighted by atomic mass is 16.5. The number of aromatic nitrogens is 4. The first-order valence-corrected chi connectivity index (χ1v) is 9.53. The molecule has 9 heteroatoms. The first-order chi connectivity index (χ1) is 13.5. The normalized spacial score (nSPS) is 20.8. The number of imidazole rings is 1. The van der Waals surface area contributed by atoms with Gasteiger partial charge in [0.2, 0.25) is 0 Å². The zero-order chi connectivity index (χ0) is 19.7. The standard InChI is InChI=1S/C19H24N6O3/c1-13(2)23-16(26)15-12-25-10-7-22-18(25)19(28-15)3-8-24(9-4-19)17(27)14-11-20-5-6-21-14/h5-7,10-11,13,15H,3-4,8-9,12H2,1-2H3,(H,23,26)/t15-/m1/s1. The Balaban J connectivity index is 1.52. The number of amides is 2. The maximum absolute atomic E-state index is 12.7. The number of carbonyl (C=O) groups excluding carboxylic acids is 2. The Hall–Kier alpha value is -2.81. The molecule has 1 atom stereocenters. The van der Waals surface area contributed by atoms with E-state index in [1.165, 1.54) is 12.4 Å².